The Balaban J connectivity index is 1.28. The Morgan fingerprint density at radius 3 is 1.43 bits per heavy atom. The second kappa shape index (κ2) is 14.5. The van der Waals surface area contributed by atoms with Crippen molar-refractivity contribution in [2.45, 2.75) is 116 Å². The van der Waals surface area contributed by atoms with E-state index in [4.69, 9.17) is 0 Å². The molecule has 6 aromatic rings. The highest BCUT2D eigenvalue weighted by Gasteiger charge is 2.43. The van der Waals surface area contributed by atoms with Gasteiger partial charge >= 0.3 is 0 Å². The van der Waals surface area contributed by atoms with Gasteiger partial charge in [0.2, 0.25) is 0 Å². The summed E-state index contributed by atoms with van der Waals surface area (Å²) in [5, 5.41) is 4.67. The van der Waals surface area contributed by atoms with Crippen molar-refractivity contribution >= 4 is 66.6 Å². The van der Waals surface area contributed by atoms with E-state index in [0.29, 0.717) is 11.1 Å². The van der Waals surface area contributed by atoms with Crippen LogP contribution in [0.1, 0.15) is 108 Å². The monoisotopic (exact) mass is 677 g/mol. The minimum absolute atomic E-state index is 0.0474. The summed E-state index contributed by atoms with van der Waals surface area (Å²) in [4.78, 5) is 31.0. The van der Waals surface area contributed by atoms with E-state index >= 15 is 0 Å². The molecule has 262 valence electrons. The van der Waals surface area contributed by atoms with Gasteiger partial charge in [-0.2, -0.15) is 0 Å². The molecule has 0 radical (unpaired) electrons. The van der Waals surface area contributed by atoms with Crippen LogP contribution in [0.5, 0.6) is 0 Å². The first kappa shape index (κ1) is 33.5. The molecule has 51 heavy (non-hydrogen) atoms. The summed E-state index contributed by atoms with van der Waals surface area (Å²) in [6.45, 7) is 6.44. The van der Waals surface area contributed by atoms with Crippen molar-refractivity contribution in [2.75, 3.05) is 0 Å². The van der Waals surface area contributed by atoms with Crippen LogP contribution in [0.2, 0.25) is 0 Å². The highest BCUT2D eigenvalue weighted by Crippen LogP contribution is 2.42. The van der Waals surface area contributed by atoms with Crippen LogP contribution in [0, 0.1) is 0 Å². The smallest absolute Gasteiger partial charge is 0.262 e. The van der Waals surface area contributed by atoms with Crippen LogP contribution in [-0.4, -0.2) is 31.9 Å². The van der Waals surface area contributed by atoms with Gasteiger partial charge in [-0.25, -0.2) is 0 Å². The summed E-state index contributed by atoms with van der Waals surface area (Å²) in [7, 11) is 0. The second-order valence-corrected chi connectivity index (χ2v) is 14.9. The largest absolute Gasteiger partial charge is 0.340 e. The number of para-hydroxylation sites is 2. The zero-order valence-electron chi connectivity index (χ0n) is 30.4. The Bertz CT molecular complexity index is 2130. The molecule has 5 heteroatoms. The Morgan fingerprint density at radius 2 is 0.961 bits per heavy atom. The minimum Gasteiger partial charge on any atom is -0.340 e. The molecule has 8 rings (SSSR count). The molecule has 2 aromatic heterocycles. The molecule has 1 fully saturated rings. The fraction of sp³-hybridized carbons (Fsp3) is 0.391. The van der Waals surface area contributed by atoms with Crippen LogP contribution in [0.3, 0.4) is 0 Å². The number of carbonyl (C=O) groups excluding carboxylic acids is 2. The predicted molar refractivity (Wildman–Crippen MR) is 213 cm³/mol. The molecule has 2 aliphatic rings. The third-order valence-electron chi connectivity index (χ3n) is 11.6. The van der Waals surface area contributed by atoms with E-state index in [1.807, 2.05) is 0 Å². The number of aromatic nitrogens is 2. The van der Waals surface area contributed by atoms with Crippen molar-refractivity contribution < 1.29 is 9.59 Å². The standard InChI is InChI=1S/C46H51N3O2/c1-3-5-7-16-28-47-39-22-14-12-20-35(39)37-30-32(24-26-41(37)47)43-44(46(51)49(45(43)50)34-18-10-9-11-19-34)33-25-27-42-38(31-33)36-21-13-15-23-40(36)48(42)29-17-8-6-4-2/h12-15,20-27,30-31,34H,3-11,16-19,28-29H2,1-2H3. The lowest BCUT2D eigenvalue weighted by atomic mass is 9.94. The summed E-state index contributed by atoms with van der Waals surface area (Å²) in [6.07, 6.45) is 14.7. The fourth-order valence-corrected chi connectivity index (χ4v) is 9.05. The van der Waals surface area contributed by atoms with Crippen molar-refractivity contribution in [3.05, 3.63) is 96.1 Å². The lowest BCUT2D eigenvalue weighted by Crippen LogP contribution is -2.42. The zero-order valence-corrected chi connectivity index (χ0v) is 30.4. The maximum absolute atomic E-state index is 14.7. The van der Waals surface area contributed by atoms with E-state index < -0.39 is 0 Å². The topological polar surface area (TPSA) is 47.2 Å². The number of unbranched alkanes of at least 4 members (excludes halogenated alkanes) is 6. The maximum atomic E-state index is 14.7. The van der Waals surface area contributed by atoms with Crippen molar-refractivity contribution in [3.8, 4) is 0 Å². The van der Waals surface area contributed by atoms with Crippen LogP contribution in [-0.2, 0) is 22.7 Å². The predicted octanol–water partition coefficient (Wildman–Crippen LogP) is 11.7. The van der Waals surface area contributed by atoms with Crippen molar-refractivity contribution in [1.29, 1.82) is 0 Å². The number of imide groups is 1. The number of benzene rings is 4. The molecule has 5 nitrogen and oxygen atoms in total. The Labute approximate surface area is 301 Å². The molecule has 0 saturated heterocycles. The quantitative estimate of drug-likeness (QED) is 0.0902. The van der Waals surface area contributed by atoms with Crippen LogP contribution >= 0.6 is 0 Å². The van der Waals surface area contributed by atoms with Gasteiger partial charge in [0.1, 0.15) is 0 Å². The second-order valence-electron chi connectivity index (χ2n) is 14.9. The molecule has 0 bridgehead atoms. The van der Waals surface area contributed by atoms with Gasteiger partial charge < -0.3 is 9.13 Å². The van der Waals surface area contributed by atoms with Gasteiger partial charge in [0.05, 0.1) is 11.1 Å². The number of hydrogen-bond acceptors (Lipinski definition) is 2. The number of amides is 2. The summed E-state index contributed by atoms with van der Waals surface area (Å²) in [6, 6.07) is 30.1. The van der Waals surface area contributed by atoms with Crippen LogP contribution in [0.15, 0.2) is 84.9 Å². The summed E-state index contributed by atoms with van der Waals surface area (Å²) in [5.41, 5.74) is 7.60. The van der Waals surface area contributed by atoms with Gasteiger partial charge in [-0.1, -0.05) is 120 Å². The molecule has 4 aromatic carbocycles. The molecule has 2 amide bonds. The number of hydrogen-bond donors (Lipinski definition) is 0. The van der Waals surface area contributed by atoms with Crippen molar-refractivity contribution in [1.82, 2.24) is 14.0 Å². The van der Waals surface area contributed by atoms with Gasteiger partial charge in [0.25, 0.3) is 11.8 Å². The van der Waals surface area contributed by atoms with Crippen LogP contribution < -0.4 is 0 Å². The van der Waals surface area contributed by atoms with E-state index in [9.17, 15) is 9.59 Å². The van der Waals surface area contributed by atoms with Crippen LogP contribution in [0.4, 0.5) is 0 Å². The molecule has 0 N–H and O–H groups in total. The SMILES string of the molecule is CCCCCCn1c2ccccc2c2cc(C3=C(c4ccc5c(c4)c4ccccc4n5CCCCCC)C(=O)N(C4CCCCC4)C3=O)ccc21. The van der Waals surface area contributed by atoms with Crippen molar-refractivity contribution in [2.24, 2.45) is 0 Å². The van der Waals surface area contributed by atoms with E-state index in [2.05, 4.69) is 108 Å². The number of fused-ring (bicyclic) bond motifs is 6. The first-order chi connectivity index (χ1) is 25.1. The highest BCUT2D eigenvalue weighted by molar-refractivity contribution is 6.49. The molecule has 1 saturated carbocycles. The van der Waals surface area contributed by atoms with E-state index in [0.717, 1.165) is 79.9 Å². The zero-order chi connectivity index (χ0) is 34.9. The molecule has 1 aliphatic heterocycles. The molecular formula is C46H51N3O2. The lowest BCUT2D eigenvalue weighted by molar-refractivity contribution is -0.139. The number of rotatable bonds is 13. The average molecular weight is 678 g/mol. The number of nitrogens with zero attached hydrogens (tertiary/aromatic N) is 3. The highest BCUT2D eigenvalue weighted by atomic mass is 16.2. The molecule has 1 aliphatic carbocycles. The Hall–Kier alpha value is -4.64. The molecule has 0 spiro atoms. The van der Waals surface area contributed by atoms with Gasteiger partial charge in [0.15, 0.2) is 0 Å². The van der Waals surface area contributed by atoms with Gasteiger partial charge in [-0.05, 0) is 73.2 Å². The lowest BCUT2D eigenvalue weighted by Gasteiger charge is -2.30. The molecule has 3 heterocycles. The first-order valence-corrected chi connectivity index (χ1v) is 19.8. The number of aryl methyl sites for hydroxylation is 2. The van der Waals surface area contributed by atoms with Crippen molar-refractivity contribution in [3.63, 3.8) is 0 Å². The van der Waals surface area contributed by atoms with Crippen LogP contribution in [0.25, 0.3) is 54.8 Å². The summed E-state index contributed by atoms with van der Waals surface area (Å²) in [5.74, 6) is -0.272. The number of carbonyl (C=O) groups is 2. The Kier molecular flexibility index (Phi) is 9.55. The fourth-order valence-electron chi connectivity index (χ4n) is 9.05. The third kappa shape index (κ3) is 5.99. The molecule has 0 atom stereocenters. The Morgan fingerprint density at radius 1 is 0.510 bits per heavy atom. The maximum Gasteiger partial charge on any atom is 0.262 e. The first-order valence-electron chi connectivity index (χ1n) is 19.8. The van der Waals surface area contributed by atoms with Gasteiger partial charge in [-0.3, -0.25) is 14.5 Å². The summed E-state index contributed by atoms with van der Waals surface area (Å²) < 4.78 is 4.89. The van der Waals surface area contributed by atoms with E-state index in [-0.39, 0.29) is 17.9 Å². The van der Waals surface area contributed by atoms with Gasteiger partial charge in [-0.15, -0.1) is 0 Å². The third-order valence-corrected chi connectivity index (χ3v) is 11.6. The molecular weight excluding hydrogens is 627 g/mol. The average Bonchev–Trinajstić information content (AvgIpc) is 3.75. The van der Waals surface area contributed by atoms with Gasteiger partial charge in [0, 0.05) is 62.7 Å². The summed E-state index contributed by atoms with van der Waals surface area (Å²) >= 11 is 0. The normalized spacial score (nSPS) is 15.9. The van der Waals surface area contributed by atoms with E-state index in [1.54, 1.807) is 4.90 Å². The molecule has 0 unspecified atom stereocenters. The minimum atomic E-state index is -0.136. The van der Waals surface area contributed by atoms with E-state index in [1.165, 1.54) is 71.4 Å².